The lowest BCUT2D eigenvalue weighted by atomic mass is 10.2. The first-order valence-corrected chi connectivity index (χ1v) is 9.79. The Morgan fingerprint density at radius 1 is 0.875 bits per heavy atom. The van der Waals surface area contributed by atoms with Crippen molar-refractivity contribution in [2.75, 3.05) is 17.2 Å². The first kappa shape index (κ1) is 22.2. The molecule has 0 bridgehead atoms. The molecular weight excluding hydrogens is 408 g/mol. The third kappa shape index (κ3) is 6.81. The standard InChI is InChI=1S/C24H22N4O4/c1-17-8-5-6-13-21(17)27-23(30)24(31)28-25-15-18-9-7-12-20(14-18)32-16-22(29)26-19-10-3-2-4-11-19/h2-15H,16H2,1H3,(H,26,29)(H,27,30)(H,28,31)/b25-15-. The maximum atomic E-state index is 12.0. The van der Waals surface area contributed by atoms with Crippen molar-refractivity contribution >= 4 is 35.3 Å². The first-order chi connectivity index (χ1) is 15.5. The number of carbonyl (C=O) groups excluding carboxylic acids is 3. The van der Waals surface area contributed by atoms with Crippen molar-refractivity contribution in [3.63, 3.8) is 0 Å². The van der Waals surface area contributed by atoms with Crippen molar-refractivity contribution in [3.8, 4) is 5.75 Å². The summed E-state index contributed by atoms with van der Waals surface area (Å²) in [5, 5.41) is 9.06. The summed E-state index contributed by atoms with van der Waals surface area (Å²) in [5.74, 6) is -1.55. The molecule has 3 aromatic carbocycles. The number of anilines is 2. The fourth-order valence-corrected chi connectivity index (χ4v) is 2.66. The summed E-state index contributed by atoms with van der Waals surface area (Å²) in [6, 6.07) is 23.0. The fourth-order valence-electron chi connectivity index (χ4n) is 2.66. The maximum absolute atomic E-state index is 12.0. The highest BCUT2D eigenvalue weighted by atomic mass is 16.5. The summed E-state index contributed by atoms with van der Waals surface area (Å²) >= 11 is 0. The van der Waals surface area contributed by atoms with Crippen LogP contribution in [0.5, 0.6) is 5.75 Å². The number of hydrogen-bond donors (Lipinski definition) is 3. The number of amides is 3. The lowest BCUT2D eigenvalue weighted by Crippen LogP contribution is -2.32. The van der Waals surface area contributed by atoms with E-state index in [0.29, 0.717) is 22.7 Å². The molecule has 0 saturated carbocycles. The number of para-hydroxylation sites is 2. The van der Waals surface area contributed by atoms with Crippen LogP contribution in [0.1, 0.15) is 11.1 Å². The van der Waals surface area contributed by atoms with Gasteiger partial charge >= 0.3 is 11.8 Å². The van der Waals surface area contributed by atoms with Crippen LogP contribution in [0.4, 0.5) is 11.4 Å². The Kier molecular flexibility index (Phi) is 7.69. The second-order valence-electron chi connectivity index (χ2n) is 6.74. The maximum Gasteiger partial charge on any atom is 0.329 e. The highest BCUT2D eigenvalue weighted by molar-refractivity contribution is 6.39. The van der Waals surface area contributed by atoms with E-state index in [1.54, 1.807) is 48.5 Å². The summed E-state index contributed by atoms with van der Waals surface area (Å²) in [6.45, 7) is 1.66. The van der Waals surface area contributed by atoms with E-state index >= 15 is 0 Å². The number of hydrazone groups is 1. The van der Waals surface area contributed by atoms with Gasteiger partial charge in [0.1, 0.15) is 5.75 Å². The summed E-state index contributed by atoms with van der Waals surface area (Å²) < 4.78 is 5.50. The van der Waals surface area contributed by atoms with E-state index in [0.717, 1.165) is 5.56 Å². The minimum Gasteiger partial charge on any atom is -0.484 e. The van der Waals surface area contributed by atoms with E-state index in [4.69, 9.17) is 4.74 Å². The molecule has 0 unspecified atom stereocenters. The van der Waals surface area contributed by atoms with Gasteiger partial charge in [0.15, 0.2) is 6.61 Å². The van der Waals surface area contributed by atoms with E-state index in [1.807, 2.05) is 37.3 Å². The summed E-state index contributed by atoms with van der Waals surface area (Å²) in [6.07, 6.45) is 1.37. The Balaban J connectivity index is 1.48. The quantitative estimate of drug-likeness (QED) is 0.304. The predicted octanol–water partition coefficient (Wildman–Crippen LogP) is 3.10. The first-order valence-electron chi connectivity index (χ1n) is 9.79. The number of carbonyl (C=O) groups is 3. The van der Waals surface area contributed by atoms with Crippen LogP contribution in [0, 0.1) is 6.92 Å². The summed E-state index contributed by atoms with van der Waals surface area (Å²) in [7, 11) is 0. The van der Waals surface area contributed by atoms with Gasteiger partial charge < -0.3 is 15.4 Å². The minimum atomic E-state index is -0.894. The van der Waals surface area contributed by atoms with Gasteiger partial charge in [-0.25, -0.2) is 5.43 Å². The number of nitrogens with one attached hydrogen (secondary N) is 3. The Morgan fingerprint density at radius 3 is 2.41 bits per heavy atom. The average Bonchev–Trinajstić information content (AvgIpc) is 2.80. The Labute approximate surface area is 185 Å². The van der Waals surface area contributed by atoms with Crippen LogP contribution in [0.25, 0.3) is 0 Å². The second kappa shape index (κ2) is 11.1. The monoisotopic (exact) mass is 430 g/mol. The van der Waals surface area contributed by atoms with E-state index in [1.165, 1.54) is 6.21 Å². The molecule has 8 nitrogen and oxygen atoms in total. The molecule has 3 N–H and O–H groups in total. The molecule has 0 atom stereocenters. The lowest BCUT2D eigenvalue weighted by Gasteiger charge is -2.08. The summed E-state index contributed by atoms with van der Waals surface area (Å²) in [5.41, 5.74) is 4.87. The zero-order chi connectivity index (χ0) is 22.8. The van der Waals surface area contributed by atoms with Gasteiger partial charge in [-0.2, -0.15) is 5.10 Å². The normalized spacial score (nSPS) is 10.4. The summed E-state index contributed by atoms with van der Waals surface area (Å²) in [4.78, 5) is 35.9. The van der Waals surface area contributed by atoms with Crippen LogP contribution in [0.2, 0.25) is 0 Å². The Bertz CT molecular complexity index is 1130. The van der Waals surface area contributed by atoms with E-state index in [-0.39, 0.29) is 12.5 Å². The van der Waals surface area contributed by atoms with Gasteiger partial charge in [0, 0.05) is 11.4 Å². The molecule has 0 aromatic heterocycles. The molecule has 32 heavy (non-hydrogen) atoms. The molecule has 0 aliphatic carbocycles. The van der Waals surface area contributed by atoms with Crippen LogP contribution in [-0.2, 0) is 14.4 Å². The topological polar surface area (TPSA) is 109 Å². The molecule has 8 heteroatoms. The van der Waals surface area contributed by atoms with Crippen molar-refractivity contribution in [2.45, 2.75) is 6.92 Å². The van der Waals surface area contributed by atoms with Crippen LogP contribution >= 0.6 is 0 Å². The minimum absolute atomic E-state index is 0.161. The van der Waals surface area contributed by atoms with Crippen molar-refractivity contribution in [3.05, 3.63) is 90.0 Å². The number of rotatable bonds is 7. The van der Waals surface area contributed by atoms with Crippen LogP contribution in [-0.4, -0.2) is 30.5 Å². The molecule has 0 spiro atoms. The van der Waals surface area contributed by atoms with Gasteiger partial charge in [0.05, 0.1) is 6.21 Å². The second-order valence-corrected chi connectivity index (χ2v) is 6.74. The zero-order valence-corrected chi connectivity index (χ0v) is 17.4. The van der Waals surface area contributed by atoms with Gasteiger partial charge in [-0.05, 0) is 48.4 Å². The van der Waals surface area contributed by atoms with E-state index < -0.39 is 11.8 Å². The van der Waals surface area contributed by atoms with Crippen LogP contribution in [0.3, 0.4) is 0 Å². The van der Waals surface area contributed by atoms with Crippen LogP contribution < -0.4 is 20.8 Å². The zero-order valence-electron chi connectivity index (χ0n) is 17.4. The van der Waals surface area contributed by atoms with Crippen LogP contribution in [0.15, 0.2) is 84.0 Å². The third-order valence-corrected chi connectivity index (χ3v) is 4.26. The largest absolute Gasteiger partial charge is 0.484 e. The molecular formula is C24H22N4O4. The SMILES string of the molecule is Cc1ccccc1NC(=O)C(=O)N/N=C\c1cccc(OCC(=O)Nc2ccccc2)c1. The molecule has 162 valence electrons. The smallest absolute Gasteiger partial charge is 0.329 e. The molecule has 0 saturated heterocycles. The lowest BCUT2D eigenvalue weighted by molar-refractivity contribution is -0.136. The molecule has 0 fully saturated rings. The molecule has 3 rings (SSSR count). The fraction of sp³-hybridized carbons (Fsp3) is 0.0833. The molecule has 0 aliphatic heterocycles. The van der Waals surface area contributed by atoms with Gasteiger partial charge in [0.2, 0.25) is 0 Å². The van der Waals surface area contributed by atoms with Gasteiger partial charge in [-0.3, -0.25) is 14.4 Å². The highest BCUT2D eigenvalue weighted by Crippen LogP contribution is 2.13. The van der Waals surface area contributed by atoms with Crippen molar-refractivity contribution in [1.29, 1.82) is 0 Å². The molecule has 0 heterocycles. The van der Waals surface area contributed by atoms with Crippen molar-refractivity contribution in [2.24, 2.45) is 5.10 Å². The number of aryl methyl sites for hydroxylation is 1. The van der Waals surface area contributed by atoms with Gasteiger partial charge in [0.25, 0.3) is 5.91 Å². The highest BCUT2D eigenvalue weighted by Gasteiger charge is 2.13. The molecule has 0 radical (unpaired) electrons. The Morgan fingerprint density at radius 2 is 1.62 bits per heavy atom. The Hall–Kier alpha value is -4.46. The van der Waals surface area contributed by atoms with Gasteiger partial charge in [-0.1, -0.05) is 48.5 Å². The van der Waals surface area contributed by atoms with E-state index in [9.17, 15) is 14.4 Å². The molecule has 3 aromatic rings. The average molecular weight is 430 g/mol. The van der Waals surface area contributed by atoms with Crippen molar-refractivity contribution < 1.29 is 19.1 Å². The van der Waals surface area contributed by atoms with Gasteiger partial charge in [-0.15, -0.1) is 0 Å². The number of hydrogen-bond acceptors (Lipinski definition) is 5. The third-order valence-electron chi connectivity index (χ3n) is 4.26. The van der Waals surface area contributed by atoms with E-state index in [2.05, 4.69) is 21.2 Å². The molecule has 3 amide bonds. The molecule has 0 aliphatic rings. The van der Waals surface area contributed by atoms with Crippen molar-refractivity contribution in [1.82, 2.24) is 5.43 Å². The number of benzene rings is 3. The number of nitrogens with zero attached hydrogens (tertiary/aromatic N) is 1. The number of ether oxygens (including phenoxy) is 1. The predicted molar refractivity (Wildman–Crippen MR) is 123 cm³/mol.